The Bertz CT molecular complexity index is 532. The number of ether oxygens (including phenoxy) is 1. The summed E-state index contributed by atoms with van der Waals surface area (Å²) in [6, 6.07) is 5.38. The minimum Gasteiger partial charge on any atom is -0.378 e. The fourth-order valence-electron chi connectivity index (χ4n) is 3.52. The summed E-state index contributed by atoms with van der Waals surface area (Å²) in [5, 5.41) is 0. The molecule has 2 unspecified atom stereocenters. The largest absolute Gasteiger partial charge is 0.378 e. The average molecular weight is 291 g/mol. The van der Waals surface area contributed by atoms with Crippen molar-refractivity contribution in [3.63, 3.8) is 0 Å². The summed E-state index contributed by atoms with van der Waals surface area (Å²) >= 11 is 0. The van der Waals surface area contributed by atoms with Crippen LogP contribution in [0, 0.1) is 18.7 Å². The molecule has 0 N–H and O–H groups in total. The quantitative estimate of drug-likeness (QED) is 0.856. The Balaban J connectivity index is 1.70. The Morgan fingerprint density at radius 2 is 2.00 bits per heavy atom. The first-order valence-corrected chi connectivity index (χ1v) is 7.62. The fourth-order valence-corrected chi connectivity index (χ4v) is 3.52. The van der Waals surface area contributed by atoms with E-state index in [0.29, 0.717) is 18.5 Å². The molecule has 0 saturated carbocycles. The lowest BCUT2D eigenvalue weighted by atomic mass is 9.81. The highest BCUT2D eigenvalue weighted by Crippen LogP contribution is 2.31. The van der Waals surface area contributed by atoms with Gasteiger partial charge in [-0.15, -0.1) is 0 Å². The summed E-state index contributed by atoms with van der Waals surface area (Å²) in [7, 11) is 2.12. The molecule has 2 bridgehead atoms. The molecular weight excluding hydrogens is 269 g/mol. The highest BCUT2D eigenvalue weighted by Gasteiger charge is 2.39. The van der Waals surface area contributed by atoms with Gasteiger partial charge in [0.05, 0.1) is 13.2 Å². The molecule has 3 nitrogen and oxygen atoms in total. The first kappa shape index (κ1) is 14.7. The summed E-state index contributed by atoms with van der Waals surface area (Å²) in [6.07, 6.45) is 2.07. The van der Waals surface area contributed by atoms with E-state index in [0.717, 1.165) is 37.2 Å². The predicted molar refractivity (Wildman–Crippen MR) is 78.7 cm³/mol. The van der Waals surface area contributed by atoms with Crippen molar-refractivity contribution in [2.75, 3.05) is 20.3 Å². The predicted octanol–water partition coefficient (Wildman–Crippen LogP) is 2.35. The molecule has 1 aromatic carbocycles. The molecule has 1 aromatic rings. The lowest BCUT2D eigenvalue weighted by Crippen LogP contribution is -2.56. The summed E-state index contributed by atoms with van der Waals surface area (Å²) in [6.45, 7) is 3.37. The van der Waals surface area contributed by atoms with Crippen LogP contribution in [0.4, 0.5) is 4.39 Å². The van der Waals surface area contributed by atoms with Gasteiger partial charge < -0.3 is 4.74 Å². The van der Waals surface area contributed by atoms with E-state index in [1.54, 1.807) is 6.07 Å². The van der Waals surface area contributed by atoms with E-state index in [-0.39, 0.29) is 17.5 Å². The molecule has 0 spiro atoms. The van der Waals surface area contributed by atoms with E-state index in [4.69, 9.17) is 4.74 Å². The van der Waals surface area contributed by atoms with Crippen molar-refractivity contribution in [1.82, 2.24) is 4.90 Å². The fraction of sp³-hybridized carbons (Fsp3) is 0.588. The van der Waals surface area contributed by atoms with Crippen molar-refractivity contribution in [2.24, 2.45) is 5.92 Å². The van der Waals surface area contributed by atoms with Crippen LogP contribution in [0.3, 0.4) is 0 Å². The van der Waals surface area contributed by atoms with E-state index >= 15 is 0 Å². The average Bonchev–Trinajstić information content (AvgIpc) is 2.42. The van der Waals surface area contributed by atoms with Gasteiger partial charge in [-0.05, 0) is 50.1 Å². The zero-order valence-electron chi connectivity index (χ0n) is 12.6. The molecule has 0 radical (unpaired) electrons. The van der Waals surface area contributed by atoms with Crippen molar-refractivity contribution in [1.29, 1.82) is 0 Å². The molecule has 0 aromatic heterocycles. The van der Waals surface area contributed by atoms with Crippen molar-refractivity contribution in [2.45, 2.75) is 38.3 Å². The highest BCUT2D eigenvalue weighted by molar-refractivity contribution is 5.83. The first-order valence-electron chi connectivity index (χ1n) is 7.62. The summed E-state index contributed by atoms with van der Waals surface area (Å²) in [4.78, 5) is 14.9. The molecule has 3 rings (SSSR count). The van der Waals surface area contributed by atoms with Crippen LogP contribution in [0.1, 0.15) is 24.0 Å². The third kappa shape index (κ3) is 3.01. The third-order valence-corrected chi connectivity index (χ3v) is 5.02. The van der Waals surface area contributed by atoms with E-state index in [9.17, 15) is 9.18 Å². The minimum absolute atomic E-state index is 0.0859. The van der Waals surface area contributed by atoms with Crippen LogP contribution in [0.2, 0.25) is 0 Å². The van der Waals surface area contributed by atoms with Gasteiger partial charge in [0.2, 0.25) is 0 Å². The Morgan fingerprint density at radius 1 is 1.33 bits per heavy atom. The molecule has 2 atom stereocenters. The number of aryl methyl sites for hydroxylation is 1. The number of nitrogens with zero attached hydrogens (tertiary/aromatic N) is 1. The number of Topliss-reactive ketones (excluding diaryl/α,β-unsaturated/α-hetero) is 1. The number of morpholine rings is 1. The van der Waals surface area contributed by atoms with Gasteiger partial charge >= 0.3 is 0 Å². The first-order chi connectivity index (χ1) is 10.0. The Labute approximate surface area is 125 Å². The van der Waals surface area contributed by atoms with Crippen LogP contribution in [0.5, 0.6) is 0 Å². The van der Waals surface area contributed by atoms with Crippen LogP contribution in [-0.2, 0) is 16.0 Å². The molecule has 2 saturated heterocycles. The number of carbonyl (C=O) groups excluding carboxylic acids is 1. The van der Waals surface area contributed by atoms with E-state index < -0.39 is 0 Å². The Morgan fingerprint density at radius 3 is 2.67 bits per heavy atom. The monoisotopic (exact) mass is 291 g/mol. The van der Waals surface area contributed by atoms with Gasteiger partial charge in [0.1, 0.15) is 11.6 Å². The number of rotatable bonds is 3. The topological polar surface area (TPSA) is 29.5 Å². The molecule has 0 amide bonds. The number of fused-ring (bicyclic) bond motifs is 2. The van der Waals surface area contributed by atoms with Gasteiger partial charge in [-0.2, -0.15) is 0 Å². The van der Waals surface area contributed by atoms with Gasteiger partial charge in [-0.3, -0.25) is 9.69 Å². The molecule has 2 heterocycles. The second kappa shape index (κ2) is 5.85. The zero-order valence-corrected chi connectivity index (χ0v) is 12.6. The van der Waals surface area contributed by atoms with Crippen molar-refractivity contribution >= 4 is 5.78 Å². The SMILES string of the molecule is Cc1ccc(F)cc1CC(=O)C1CC2COCC(C1)N2C. The van der Waals surface area contributed by atoms with Crippen LogP contribution in [0.25, 0.3) is 0 Å². The van der Waals surface area contributed by atoms with Crippen molar-refractivity contribution < 1.29 is 13.9 Å². The Hall–Kier alpha value is -1.26. The normalized spacial score (nSPS) is 29.4. The molecule has 2 aliphatic heterocycles. The zero-order chi connectivity index (χ0) is 15.0. The maximum Gasteiger partial charge on any atom is 0.140 e. The number of hydrogen-bond acceptors (Lipinski definition) is 3. The number of halogens is 1. The van der Waals surface area contributed by atoms with Crippen LogP contribution < -0.4 is 0 Å². The maximum atomic E-state index is 13.3. The molecule has 2 fully saturated rings. The summed E-state index contributed by atoms with van der Waals surface area (Å²) in [5.74, 6) is 0.0634. The molecular formula is C17H22FNO2. The van der Waals surface area contributed by atoms with Crippen molar-refractivity contribution in [3.8, 4) is 0 Å². The third-order valence-electron chi connectivity index (χ3n) is 5.02. The van der Waals surface area contributed by atoms with Gasteiger partial charge in [0, 0.05) is 24.4 Å². The number of hydrogen-bond donors (Lipinski definition) is 0. The lowest BCUT2D eigenvalue weighted by Gasteiger charge is -2.46. The lowest BCUT2D eigenvalue weighted by molar-refractivity contribution is -0.130. The number of benzene rings is 1. The van der Waals surface area contributed by atoms with E-state index in [1.807, 2.05) is 6.92 Å². The summed E-state index contributed by atoms with van der Waals surface area (Å²) in [5.41, 5.74) is 1.81. The van der Waals surface area contributed by atoms with E-state index in [2.05, 4.69) is 11.9 Å². The van der Waals surface area contributed by atoms with Gasteiger partial charge in [-0.25, -0.2) is 4.39 Å². The van der Waals surface area contributed by atoms with Crippen molar-refractivity contribution in [3.05, 3.63) is 35.1 Å². The molecule has 21 heavy (non-hydrogen) atoms. The van der Waals surface area contributed by atoms with Gasteiger partial charge in [-0.1, -0.05) is 6.07 Å². The standard InChI is InChI=1S/C17H22FNO2/c1-11-3-4-14(18)5-12(11)8-17(20)13-6-15-9-21-10-16(7-13)19(15)2/h3-5,13,15-16H,6-10H2,1-2H3. The number of carbonyl (C=O) groups is 1. The summed E-state index contributed by atoms with van der Waals surface area (Å²) < 4.78 is 18.9. The molecule has 114 valence electrons. The molecule has 2 aliphatic rings. The number of piperidine rings is 1. The Kier molecular flexibility index (Phi) is 4.09. The highest BCUT2D eigenvalue weighted by atomic mass is 19.1. The van der Waals surface area contributed by atoms with Gasteiger partial charge in [0.25, 0.3) is 0 Å². The number of ketones is 1. The smallest absolute Gasteiger partial charge is 0.140 e. The van der Waals surface area contributed by atoms with Crippen LogP contribution in [-0.4, -0.2) is 43.0 Å². The maximum absolute atomic E-state index is 13.3. The second-order valence-corrected chi connectivity index (χ2v) is 6.39. The second-order valence-electron chi connectivity index (χ2n) is 6.39. The van der Waals surface area contributed by atoms with Gasteiger partial charge in [0.15, 0.2) is 0 Å². The number of likely N-dealkylation sites (N-methyl/N-ethyl adjacent to an activating group) is 1. The van der Waals surface area contributed by atoms with E-state index in [1.165, 1.54) is 12.1 Å². The molecule has 0 aliphatic carbocycles. The van der Waals surface area contributed by atoms with Crippen LogP contribution in [0.15, 0.2) is 18.2 Å². The molecule has 4 heteroatoms. The minimum atomic E-state index is -0.267. The van der Waals surface area contributed by atoms with Crippen LogP contribution >= 0.6 is 0 Å².